The number of aromatic nitrogens is 2. The molecule has 0 unspecified atom stereocenters. The number of ether oxygens (including phenoxy) is 1. The number of hydrogen-bond acceptors (Lipinski definition) is 4. The van der Waals surface area contributed by atoms with Crippen LogP contribution in [0.4, 0.5) is 13.2 Å². The number of methoxy groups -OCH3 is 1. The summed E-state index contributed by atoms with van der Waals surface area (Å²) in [7, 11) is -1.00. The van der Waals surface area contributed by atoms with Gasteiger partial charge in [0.1, 0.15) is 5.75 Å². The third kappa shape index (κ3) is 4.02. The van der Waals surface area contributed by atoms with Gasteiger partial charge in [-0.15, -0.1) is 0 Å². The molecule has 1 aromatic carbocycles. The fourth-order valence-corrected chi connectivity index (χ4v) is 5.15. The van der Waals surface area contributed by atoms with Crippen molar-refractivity contribution >= 4 is 10.0 Å². The van der Waals surface area contributed by atoms with Gasteiger partial charge in [0.25, 0.3) is 0 Å². The van der Waals surface area contributed by atoms with Gasteiger partial charge in [-0.1, -0.05) is 12.8 Å². The molecule has 0 saturated carbocycles. The van der Waals surface area contributed by atoms with E-state index in [0.29, 0.717) is 18.6 Å². The molecule has 1 aromatic heterocycles. The summed E-state index contributed by atoms with van der Waals surface area (Å²) in [5.74, 6) is 0.521. The minimum atomic E-state index is -4.58. The first-order valence-corrected chi connectivity index (χ1v) is 10.4. The molecular formula is C18H22F3N3O3S. The normalized spacial score (nSPS) is 19.4. The smallest absolute Gasteiger partial charge is 0.435 e. The predicted octanol–water partition coefficient (Wildman–Crippen LogP) is 3.75. The SMILES string of the molecule is COc1ccc(S(=O)(=O)N2CCCCC[C@H]2c2cc(C(F)(F)F)nn2C)cc1. The van der Waals surface area contributed by atoms with E-state index in [1.54, 1.807) is 12.1 Å². The van der Waals surface area contributed by atoms with Crippen molar-refractivity contribution in [3.05, 3.63) is 41.7 Å². The summed E-state index contributed by atoms with van der Waals surface area (Å²) in [6.07, 6.45) is -1.95. The van der Waals surface area contributed by atoms with Crippen molar-refractivity contribution in [1.29, 1.82) is 0 Å². The molecule has 1 fully saturated rings. The summed E-state index contributed by atoms with van der Waals surface area (Å²) in [4.78, 5) is 0.0819. The van der Waals surface area contributed by atoms with E-state index in [1.165, 1.54) is 30.6 Å². The highest BCUT2D eigenvalue weighted by Gasteiger charge is 2.39. The second-order valence-electron chi connectivity index (χ2n) is 6.73. The first-order valence-electron chi connectivity index (χ1n) is 8.91. The zero-order chi connectivity index (χ0) is 20.5. The minimum Gasteiger partial charge on any atom is -0.497 e. The van der Waals surface area contributed by atoms with Gasteiger partial charge in [-0.2, -0.15) is 22.6 Å². The first-order chi connectivity index (χ1) is 13.1. The van der Waals surface area contributed by atoms with Crippen LogP contribution in [-0.2, 0) is 23.2 Å². The molecule has 1 aliphatic heterocycles. The molecule has 3 rings (SSSR count). The molecule has 2 aromatic rings. The third-order valence-corrected chi connectivity index (χ3v) is 6.84. The standard InChI is InChI=1S/C18H22F3N3O3S/c1-23-16(12-17(22-23)18(19,20)21)15-6-4-3-5-11-24(15)28(25,26)14-9-7-13(27-2)8-10-14/h7-10,12,15H,3-6,11H2,1-2H3/t15-/m0/s1. The number of nitrogens with zero attached hydrogens (tertiary/aromatic N) is 3. The summed E-state index contributed by atoms with van der Waals surface area (Å²) >= 11 is 0. The summed E-state index contributed by atoms with van der Waals surface area (Å²) in [6, 6.07) is 6.23. The molecule has 154 valence electrons. The molecule has 1 aliphatic rings. The van der Waals surface area contributed by atoms with Crippen LogP contribution in [0.25, 0.3) is 0 Å². The quantitative estimate of drug-likeness (QED) is 0.760. The lowest BCUT2D eigenvalue weighted by Gasteiger charge is -2.29. The van der Waals surface area contributed by atoms with E-state index in [1.807, 2.05) is 0 Å². The molecule has 0 radical (unpaired) electrons. The Morgan fingerprint density at radius 1 is 1.14 bits per heavy atom. The summed E-state index contributed by atoms with van der Waals surface area (Å²) in [5.41, 5.74) is -0.776. The Morgan fingerprint density at radius 3 is 2.39 bits per heavy atom. The van der Waals surface area contributed by atoms with Crippen molar-refractivity contribution < 1.29 is 26.3 Å². The molecule has 10 heteroatoms. The van der Waals surface area contributed by atoms with E-state index in [2.05, 4.69) is 5.10 Å². The van der Waals surface area contributed by atoms with Crippen LogP contribution in [0.1, 0.15) is 43.1 Å². The van der Waals surface area contributed by atoms with Gasteiger partial charge in [-0.05, 0) is 43.2 Å². The summed E-state index contributed by atoms with van der Waals surface area (Å²) in [6.45, 7) is 0.242. The van der Waals surface area contributed by atoms with E-state index in [9.17, 15) is 21.6 Å². The Morgan fingerprint density at radius 2 is 1.82 bits per heavy atom. The van der Waals surface area contributed by atoms with Gasteiger partial charge in [-0.3, -0.25) is 4.68 Å². The zero-order valence-electron chi connectivity index (χ0n) is 15.6. The number of hydrogen-bond donors (Lipinski definition) is 0. The maximum atomic E-state index is 13.3. The lowest BCUT2D eigenvalue weighted by atomic mass is 10.1. The molecule has 6 nitrogen and oxygen atoms in total. The summed E-state index contributed by atoms with van der Waals surface area (Å²) in [5, 5.41) is 3.55. The van der Waals surface area contributed by atoms with Crippen LogP contribution in [0.5, 0.6) is 5.75 Å². The summed E-state index contributed by atoms with van der Waals surface area (Å²) < 4.78 is 73.3. The predicted molar refractivity (Wildman–Crippen MR) is 96.3 cm³/mol. The van der Waals surface area contributed by atoms with Gasteiger partial charge in [0.05, 0.1) is 23.7 Å². The molecule has 0 bridgehead atoms. The number of halogens is 3. The van der Waals surface area contributed by atoms with Gasteiger partial charge < -0.3 is 4.74 Å². The van der Waals surface area contributed by atoms with Crippen LogP contribution >= 0.6 is 0 Å². The molecule has 1 atom stereocenters. The van der Waals surface area contributed by atoms with Crippen molar-refractivity contribution in [1.82, 2.24) is 14.1 Å². The van der Waals surface area contributed by atoms with Crippen molar-refractivity contribution in [2.75, 3.05) is 13.7 Å². The van der Waals surface area contributed by atoms with E-state index in [-0.39, 0.29) is 17.1 Å². The highest BCUT2D eigenvalue weighted by Crippen LogP contribution is 2.37. The van der Waals surface area contributed by atoms with Crippen molar-refractivity contribution in [3.8, 4) is 5.75 Å². The average Bonchev–Trinajstić information content (AvgIpc) is 2.88. The molecule has 0 N–H and O–H groups in total. The van der Waals surface area contributed by atoms with E-state index in [0.717, 1.165) is 23.6 Å². The highest BCUT2D eigenvalue weighted by molar-refractivity contribution is 7.89. The Balaban J connectivity index is 2.02. The van der Waals surface area contributed by atoms with Crippen LogP contribution in [-0.4, -0.2) is 36.2 Å². The Kier molecular flexibility index (Phi) is 5.72. The molecule has 28 heavy (non-hydrogen) atoms. The fraction of sp³-hybridized carbons (Fsp3) is 0.500. The first kappa shape index (κ1) is 20.7. The number of alkyl halides is 3. The van der Waals surface area contributed by atoms with Crippen molar-refractivity contribution in [2.24, 2.45) is 7.05 Å². The van der Waals surface area contributed by atoms with Crippen LogP contribution in [0.2, 0.25) is 0 Å². The maximum Gasteiger partial charge on any atom is 0.435 e. The third-order valence-electron chi connectivity index (χ3n) is 4.92. The zero-order valence-corrected chi connectivity index (χ0v) is 16.4. The van der Waals surface area contributed by atoms with Crippen LogP contribution < -0.4 is 4.74 Å². The number of benzene rings is 1. The molecule has 2 heterocycles. The van der Waals surface area contributed by atoms with Crippen LogP contribution in [0.15, 0.2) is 35.2 Å². The van der Waals surface area contributed by atoms with Gasteiger partial charge in [-0.25, -0.2) is 8.42 Å². The van der Waals surface area contributed by atoms with Crippen LogP contribution in [0, 0.1) is 0 Å². The Hall–Kier alpha value is -2.07. The topological polar surface area (TPSA) is 64.4 Å². The van der Waals surface area contributed by atoms with E-state index >= 15 is 0 Å². The number of sulfonamides is 1. The lowest BCUT2D eigenvalue weighted by molar-refractivity contribution is -0.141. The maximum absolute atomic E-state index is 13.3. The van der Waals surface area contributed by atoms with Crippen molar-refractivity contribution in [2.45, 2.75) is 42.8 Å². The van der Waals surface area contributed by atoms with Gasteiger partial charge >= 0.3 is 6.18 Å². The molecule has 0 spiro atoms. The van der Waals surface area contributed by atoms with Gasteiger partial charge in [0.2, 0.25) is 10.0 Å². The monoisotopic (exact) mass is 417 g/mol. The second-order valence-corrected chi connectivity index (χ2v) is 8.62. The van der Waals surface area contributed by atoms with Gasteiger partial charge in [0.15, 0.2) is 5.69 Å². The Labute approximate surface area is 162 Å². The average molecular weight is 417 g/mol. The Bertz CT molecular complexity index is 924. The second kappa shape index (κ2) is 7.75. The van der Waals surface area contributed by atoms with E-state index < -0.39 is 27.9 Å². The van der Waals surface area contributed by atoms with Gasteiger partial charge in [0, 0.05) is 13.6 Å². The molecule has 1 saturated heterocycles. The lowest BCUT2D eigenvalue weighted by Crippen LogP contribution is -2.35. The van der Waals surface area contributed by atoms with Crippen molar-refractivity contribution in [3.63, 3.8) is 0 Å². The molecular weight excluding hydrogens is 395 g/mol. The van der Waals surface area contributed by atoms with Crippen LogP contribution in [0.3, 0.4) is 0 Å². The highest BCUT2D eigenvalue weighted by atomic mass is 32.2. The minimum absolute atomic E-state index is 0.0819. The number of rotatable bonds is 4. The van der Waals surface area contributed by atoms with E-state index in [4.69, 9.17) is 4.74 Å². The largest absolute Gasteiger partial charge is 0.497 e. The fourth-order valence-electron chi connectivity index (χ4n) is 3.48. The molecule has 0 amide bonds. The molecule has 0 aliphatic carbocycles. The number of aryl methyl sites for hydroxylation is 1.